The number of benzene rings is 1. The number of nitrogens with one attached hydrogen (secondary N) is 2. The number of hydrogen-bond acceptors (Lipinski definition) is 5. The summed E-state index contributed by atoms with van der Waals surface area (Å²) in [4.78, 5) is 24.5. The smallest absolute Gasteiger partial charge is 0.341 e. The van der Waals surface area contributed by atoms with E-state index in [1.165, 1.54) is 18.4 Å². The summed E-state index contributed by atoms with van der Waals surface area (Å²) in [5.41, 5.74) is 2.31. The number of aliphatic hydroxyl groups excluding tert-OH is 1. The third-order valence-corrected chi connectivity index (χ3v) is 4.36. The summed E-state index contributed by atoms with van der Waals surface area (Å²) in [5, 5.41) is 14.7. The molecule has 6 heteroatoms. The van der Waals surface area contributed by atoms with Crippen molar-refractivity contribution in [2.75, 3.05) is 25.0 Å². The molecule has 0 aromatic heterocycles. The molecule has 142 valence electrons. The highest BCUT2D eigenvalue weighted by Crippen LogP contribution is 2.19. The summed E-state index contributed by atoms with van der Waals surface area (Å²) < 4.78 is 5.29. The maximum atomic E-state index is 12.4. The van der Waals surface area contributed by atoms with Crippen LogP contribution in [0, 0.1) is 0 Å². The number of ether oxygens (including phenoxy) is 1. The van der Waals surface area contributed by atoms with Crippen LogP contribution in [0.2, 0.25) is 0 Å². The molecule has 3 N–H and O–H groups in total. The largest absolute Gasteiger partial charge is 0.449 e. The lowest BCUT2D eigenvalue weighted by atomic mass is 9.97. The number of hydrogen-bond donors (Lipinski definition) is 3. The van der Waals surface area contributed by atoms with Crippen molar-refractivity contribution in [3.05, 3.63) is 41.5 Å². The first-order valence-corrected chi connectivity index (χ1v) is 9.22. The first kappa shape index (κ1) is 20.0. The van der Waals surface area contributed by atoms with Crippen molar-refractivity contribution >= 4 is 17.6 Å². The van der Waals surface area contributed by atoms with Crippen LogP contribution in [0.25, 0.3) is 0 Å². The molecule has 0 saturated carbocycles. The van der Waals surface area contributed by atoms with Gasteiger partial charge in [0.25, 0.3) is 5.91 Å². The van der Waals surface area contributed by atoms with Gasteiger partial charge >= 0.3 is 5.97 Å². The van der Waals surface area contributed by atoms with E-state index < -0.39 is 12.1 Å². The van der Waals surface area contributed by atoms with E-state index in [4.69, 9.17) is 9.84 Å². The van der Waals surface area contributed by atoms with Crippen molar-refractivity contribution in [2.45, 2.75) is 45.1 Å². The number of allylic oxidation sites excluding steroid dienone is 1. The quantitative estimate of drug-likeness (QED) is 0.465. The summed E-state index contributed by atoms with van der Waals surface area (Å²) >= 11 is 0. The summed E-state index contributed by atoms with van der Waals surface area (Å²) in [5.74, 6) is -0.862. The van der Waals surface area contributed by atoms with Gasteiger partial charge in [-0.25, -0.2) is 4.79 Å². The Labute approximate surface area is 154 Å². The average molecular weight is 360 g/mol. The van der Waals surface area contributed by atoms with Gasteiger partial charge in [-0.05, 0) is 51.2 Å². The number of para-hydroxylation sites is 1. The van der Waals surface area contributed by atoms with Gasteiger partial charge in [0, 0.05) is 18.8 Å². The van der Waals surface area contributed by atoms with Gasteiger partial charge < -0.3 is 20.5 Å². The van der Waals surface area contributed by atoms with Gasteiger partial charge in [0.1, 0.15) is 0 Å². The molecule has 26 heavy (non-hydrogen) atoms. The van der Waals surface area contributed by atoms with Crippen molar-refractivity contribution in [3.8, 4) is 0 Å². The zero-order valence-electron chi connectivity index (χ0n) is 15.3. The lowest BCUT2D eigenvalue weighted by molar-refractivity contribution is -0.129. The zero-order chi connectivity index (χ0) is 18.8. The Balaban J connectivity index is 1.82. The van der Waals surface area contributed by atoms with E-state index in [9.17, 15) is 9.59 Å². The third-order valence-electron chi connectivity index (χ3n) is 4.36. The van der Waals surface area contributed by atoms with E-state index in [2.05, 4.69) is 16.7 Å². The van der Waals surface area contributed by atoms with E-state index in [0.717, 1.165) is 19.3 Å². The number of aliphatic hydroxyl groups is 1. The molecular formula is C20H28N2O4. The number of carbonyl (C=O) groups is 2. The third kappa shape index (κ3) is 6.19. The SMILES string of the molecule is C[C@H](OC(=O)c1ccccc1NCCO)C(=O)NCCC1=CCCCC1. The molecule has 6 nitrogen and oxygen atoms in total. The Bertz CT molecular complexity index is 642. The standard InChI is InChI=1S/C20H28N2O4/c1-15(19(24)22-12-11-16-7-3-2-4-8-16)26-20(25)17-9-5-6-10-18(17)21-13-14-23/h5-7,9-10,15,21,23H,2-4,8,11-14H2,1H3,(H,22,24)/t15-/m0/s1. The monoisotopic (exact) mass is 360 g/mol. The summed E-state index contributed by atoms with van der Waals surface area (Å²) in [6.45, 7) is 2.41. The van der Waals surface area contributed by atoms with E-state index in [1.807, 2.05) is 0 Å². The van der Waals surface area contributed by atoms with Gasteiger partial charge in [0.15, 0.2) is 6.10 Å². The molecule has 1 atom stereocenters. The van der Waals surface area contributed by atoms with Gasteiger partial charge in [0.05, 0.1) is 12.2 Å². The molecule has 1 aromatic rings. The van der Waals surface area contributed by atoms with Crippen LogP contribution in [0.5, 0.6) is 0 Å². The fourth-order valence-corrected chi connectivity index (χ4v) is 2.91. The minimum atomic E-state index is -0.867. The van der Waals surface area contributed by atoms with Crippen molar-refractivity contribution < 1.29 is 19.4 Å². The van der Waals surface area contributed by atoms with E-state index >= 15 is 0 Å². The van der Waals surface area contributed by atoms with Crippen LogP contribution in [0.1, 0.15) is 49.4 Å². The predicted octanol–water partition coefficient (Wildman–Crippen LogP) is 2.64. The maximum absolute atomic E-state index is 12.4. The summed E-state index contributed by atoms with van der Waals surface area (Å²) in [7, 11) is 0. The maximum Gasteiger partial charge on any atom is 0.341 e. The van der Waals surface area contributed by atoms with Crippen molar-refractivity contribution in [1.82, 2.24) is 5.32 Å². The van der Waals surface area contributed by atoms with E-state index in [-0.39, 0.29) is 12.5 Å². The van der Waals surface area contributed by atoms with Gasteiger partial charge in [0.2, 0.25) is 0 Å². The van der Waals surface area contributed by atoms with Crippen LogP contribution in [0.3, 0.4) is 0 Å². The molecule has 1 aromatic carbocycles. The molecule has 0 spiro atoms. The topological polar surface area (TPSA) is 87.7 Å². The van der Waals surface area contributed by atoms with Crippen molar-refractivity contribution in [3.63, 3.8) is 0 Å². The molecular weight excluding hydrogens is 332 g/mol. The lowest BCUT2D eigenvalue weighted by Crippen LogP contribution is -2.36. The molecule has 0 fully saturated rings. The van der Waals surface area contributed by atoms with Gasteiger partial charge in [-0.3, -0.25) is 4.79 Å². The number of rotatable bonds is 9. The second-order valence-corrected chi connectivity index (χ2v) is 6.39. The first-order valence-electron chi connectivity index (χ1n) is 9.22. The Morgan fingerprint density at radius 3 is 2.77 bits per heavy atom. The van der Waals surface area contributed by atoms with E-state index in [0.29, 0.717) is 24.3 Å². The van der Waals surface area contributed by atoms with Crippen molar-refractivity contribution in [2.24, 2.45) is 0 Å². The highest BCUT2D eigenvalue weighted by Gasteiger charge is 2.20. The Morgan fingerprint density at radius 1 is 1.23 bits per heavy atom. The van der Waals surface area contributed by atoms with Crippen LogP contribution >= 0.6 is 0 Å². The minimum Gasteiger partial charge on any atom is -0.449 e. The second-order valence-electron chi connectivity index (χ2n) is 6.39. The highest BCUT2D eigenvalue weighted by molar-refractivity contribution is 5.97. The molecule has 0 saturated heterocycles. The highest BCUT2D eigenvalue weighted by atomic mass is 16.5. The fraction of sp³-hybridized carbons (Fsp3) is 0.500. The van der Waals surface area contributed by atoms with Crippen LogP contribution < -0.4 is 10.6 Å². The Hall–Kier alpha value is -2.34. The molecule has 0 radical (unpaired) electrons. The number of anilines is 1. The average Bonchev–Trinajstić information content (AvgIpc) is 2.67. The summed E-state index contributed by atoms with van der Waals surface area (Å²) in [6.07, 6.45) is 6.94. The van der Waals surface area contributed by atoms with Crippen LogP contribution in [0.15, 0.2) is 35.9 Å². The molecule has 0 aliphatic heterocycles. The minimum absolute atomic E-state index is 0.0430. The Morgan fingerprint density at radius 2 is 2.04 bits per heavy atom. The number of esters is 1. The van der Waals surface area contributed by atoms with Crippen LogP contribution in [0.4, 0.5) is 5.69 Å². The molecule has 1 aliphatic carbocycles. The molecule has 2 rings (SSSR count). The zero-order valence-corrected chi connectivity index (χ0v) is 15.3. The molecule has 1 aliphatic rings. The fourth-order valence-electron chi connectivity index (χ4n) is 2.91. The molecule has 1 amide bonds. The predicted molar refractivity (Wildman–Crippen MR) is 101 cm³/mol. The second kappa shape index (κ2) is 10.6. The van der Waals surface area contributed by atoms with Gasteiger partial charge in [-0.2, -0.15) is 0 Å². The van der Waals surface area contributed by atoms with Gasteiger partial charge in [-0.1, -0.05) is 23.8 Å². The number of amides is 1. The molecule has 0 bridgehead atoms. The van der Waals surface area contributed by atoms with Crippen LogP contribution in [-0.4, -0.2) is 42.8 Å². The molecule has 0 heterocycles. The van der Waals surface area contributed by atoms with E-state index in [1.54, 1.807) is 31.2 Å². The van der Waals surface area contributed by atoms with Gasteiger partial charge in [-0.15, -0.1) is 0 Å². The summed E-state index contributed by atoms with van der Waals surface area (Å²) in [6, 6.07) is 6.87. The van der Waals surface area contributed by atoms with Crippen molar-refractivity contribution in [1.29, 1.82) is 0 Å². The molecule has 0 unspecified atom stereocenters. The first-order chi connectivity index (χ1) is 12.6. The Kier molecular flexibility index (Phi) is 8.15. The van der Waals surface area contributed by atoms with Crippen LogP contribution in [-0.2, 0) is 9.53 Å². The normalized spacial score (nSPS) is 14.9. The number of carbonyl (C=O) groups excluding carboxylic acids is 2. The lowest BCUT2D eigenvalue weighted by Gasteiger charge is -2.16.